The molecule has 1 aliphatic carbocycles. The number of fused-ring (bicyclic) bond motifs is 2. The molecule has 0 fully saturated rings. The number of ketones is 2. The molecule has 0 radical (unpaired) electrons. The molecule has 3 aromatic carbocycles. The molecule has 3 atom stereocenters. The Balaban J connectivity index is 1.42. The van der Waals surface area contributed by atoms with E-state index in [0.717, 1.165) is 21.4 Å². The number of allylic oxidation sites excluding steroid dienone is 1. The molecule has 2 aliphatic rings. The lowest BCUT2D eigenvalue weighted by molar-refractivity contribution is -0.122. The van der Waals surface area contributed by atoms with Crippen LogP contribution in [0.25, 0.3) is 10.9 Å². The number of carbonyl (C=O) groups excluding carboxylic acids is 3. The van der Waals surface area contributed by atoms with Crippen LogP contribution in [0.3, 0.4) is 0 Å². The summed E-state index contributed by atoms with van der Waals surface area (Å²) in [6.07, 6.45) is 3.53. The van der Waals surface area contributed by atoms with Gasteiger partial charge in [-0.1, -0.05) is 42.8 Å². The van der Waals surface area contributed by atoms with E-state index in [1.54, 1.807) is 18.7 Å². The Bertz CT molecular complexity index is 1900. The van der Waals surface area contributed by atoms with Crippen molar-refractivity contribution in [2.75, 3.05) is 20.5 Å². The second kappa shape index (κ2) is 12.4. The number of thioether (sulfide) groups is 1. The maximum absolute atomic E-state index is 14.3. The van der Waals surface area contributed by atoms with Gasteiger partial charge >= 0.3 is 0 Å². The minimum atomic E-state index is -1.95. The van der Waals surface area contributed by atoms with Crippen molar-refractivity contribution in [3.8, 4) is 17.2 Å². The number of aliphatic hydroxyl groups is 1. The Morgan fingerprint density at radius 3 is 2.59 bits per heavy atom. The summed E-state index contributed by atoms with van der Waals surface area (Å²) in [5, 5.41) is 16.1. The van der Waals surface area contributed by atoms with Crippen LogP contribution in [0, 0.1) is 5.92 Å². The van der Waals surface area contributed by atoms with E-state index in [2.05, 4.69) is 10.3 Å². The third-order valence-electron chi connectivity index (χ3n) is 8.93. The second-order valence-corrected chi connectivity index (χ2v) is 12.7. The van der Waals surface area contributed by atoms with Crippen molar-refractivity contribution in [1.82, 2.24) is 10.3 Å². The van der Waals surface area contributed by atoms with E-state index in [9.17, 15) is 19.5 Å². The number of halogens is 1. The third-order valence-corrected chi connectivity index (χ3v) is 10.0. The lowest BCUT2D eigenvalue weighted by atomic mass is 9.69. The van der Waals surface area contributed by atoms with E-state index >= 15 is 0 Å². The molecular formula is C35H33ClN2O7S. The van der Waals surface area contributed by atoms with Crippen molar-refractivity contribution in [3.05, 3.63) is 93.8 Å². The summed E-state index contributed by atoms with van der Waals surface area (Å²) in [5.41, 5.74) is 0.588. The fraction of sp³-hybridized carbons (Fsp3) is 0.286. The van der Waals surface area contributed by atoms with E-state index in [1.165, 1.54) is 20.3 Å². The maximum atomic E-state index is 14.3. The van der Waals surface area contributed by atoms with Gasteiger partial charge in [0.2, 0.25) is 17.3 Å². The van der Waals surface area contributed by atoms with Crippen LogP contribution < -0.4 is 19.5 Å². The number of ether oxygens (including phenoxy) is 3. The zero-order chi connectivity index (χ0) is 32.7. The topological polar surface area (TPSA) is 127 Å². The highest BCUT2D eigenvalue weighted by Crippen LogP contribution is 2.55. The first-order valence-electron chi connectivity index (χ1n) is 14.7. The summed E-state index contributed by atoms with van der Waals surface area (Å²) >= 11 is 8.16. The molecule has 1 spiro atoms. The Morgan fingerprint density at radius 1 is 1.15 bits per heavy atom. The predicted octanol–water partition coefficient (Wildman–Crippen LogP) is 6.79. The first-order valence-corrected chi connectivity index (χ1v) is 16.4. The molecule has 1 amide bonds. The van der Waals surface area contributed by atoms with Crippen molar-refractivity contribution in [2.45, 2.75) is 42.7 Å². The first-order chi connectivity index (χ1) is 22.1. The van der Waals surface area contributed by atoms with Gasteiger partial charge in [-0.05, 0) is 41.6 Å². The van der Waals surface area contributed by atoms with Crippen molar-refractivity contribution in [1.29, 1.82) is 0 Å². The highest BCUT2D eigenvalue weighted by molar-refractivity contribution is 7.98. The molecule has 2 heterocycles. The molecule has 3 unspecified atom stereocenters. The summed E-state index contributed by atoms with van der Waals surface area (Å²) in [6, 6.07) is 16.7. The number of rotatable bonds is 9. The normalized spacial score (nSPS) is 19.7. The number of aliphatic hydroxyl groups excluding tert-OH is 1. The zero-order valence-electron chi connectivity index (χ0n) is 25.7. The lowest BCUT2D eigenvalue weighted by Crippen LogP contribution is -2.53. The number of hydrogen-bond acceptors (Lipinski definition) is 8. The molecule has 238 valence electrons. The Hall–Kier alpha value is -4.41. The Kier molecular flexibility index (Phi) is 8.52. The quantitative estimate of drug-likeness (QED) is 0.168. The van der Waals surface area contributed by atoms with Gasteiger partial charge in [0.25, 0.3) is 0 Å². The highest BCUT2D eigenvalue weighted by Gasteiger charge is 2.61. The van der Waals surface area contributed by atoms with Crippen LogP contribution in [0.4, 0.5) is 0 Å². The van der Waals surface area contributed by atoms with E-state index < -0.39 is 29.0 Å². The molecule has 0 saturated heterocycles. The molecule has 11 heteroatoms. The Morgan fingerprint density at radius 2 is 1.89 bits per heavy atom. The second-order valence-electron chi connectivity index (χ2n) is 11.4. The fourth-order valence-electron chi connectivity index (χ4n) is 6.52. The van der Waals surface area contributed by atoms with Crippen LogP contribution >= 0.6 is 23.4 Å². The molecule has 46 heavy (non-hydrogen) atoms. The Labute approximate surface area is 275 Å². The van der Waals surface area contributed by atoms with Crippen LogP contribution in [0.15, 0.2) is 77.0 Å². The minimum Gasteiger partial charge on any atom is -0.507 e. The predicted molar refractivity (Wildman–Crippen MR) is 176 cm³/mol. The number of benzene rings is 3. The van der Waals surface area contributed by atoms with Gasteiger partial charge in [-0.15, -0.1) is 11.8 Å². The number of nitrogens with one attached hydrogen (secondary N) is 2. The third kappa shape index (κ3) is 5.09. The smallest absolute Gasteiger partial charge is 0.231 e. The van der Waals surface area contributed by atoms with Crippen LogP contribution in [-0.4, -0.2) is 53.6 Å². The van der Waals surface area contributed by atoms with Gasteiger partial charge < -0.3 is 29.6 Å². The fourth-order valence-corrected chi connectivity index (χ4v) is 7.19. The molecule has 3 N–H and O–H groups in total. The van der Waals surface area contributed by atoms with E-state index in [-0.39, 0.29) is 64.5 Å². The number of aromatic amines is 1. The lowest BCUT2D eigenvalue weighted by Gasteiger charge is -2.38. The summed E-state index contributed by atoms with van der Waals surface area (Å²) in [7, 11) is 2.83. The molecule has 4 aromatic rings. The standard InChI is InChI=1S/C35H33ClN2O7S/c1-18-14-25(39)29(33(41)35(18)34(42)30-26(43-2)16-27(44-3)31(36)32(30)45-35)23(19-8-10-21(46-4)11-9-19)15-28(40)38-17-20-6-5-7-24-22(20)12-13-37-24/h5-13,16,18,23,37,41H,14-15,17H2,1-4H3,(H,38,40). The van der Waals surface area contributed by atoms with Gasteiger partial charge in [-0.2, -0.15) is 0 Å². The van der Waals surface area contributed by atoms with Gasteiger partial charge in [-0.25, -0.2) is 0 Å². The van der Waals surface area contributed by atoms with E-state index in [0.29, 0.717) is 5.56 Å². The summed E-state index contributed by atoms with van der Waals surface area (Å²) < 4.78 is 17.2. The van der Waals surface area contributed by atoms with Crippen molar-refractivity contribution in [3.63, 3.8) is 0 Å². The molecule has 1 aromatic heterocycles. The average Bonchev–Trinajstić information content (AvgIpc) is 3.67. The van der Waals surface area contributed by atoms with Gasteiger partial charge in [-0.3, -0.25) is 14.4 Å². The summed E-state index contributed by atoms with van der Waals surface area (Å²) in [4.78, 5) is 45.9. The van der Waals surface area contributed by atoms with Gasteiger partial charge in [0.15, 0.2) is 17.3 Å². The minimum absolute atomic E-state index is 0.00696. The molecule has 6 rings (SSSR count). The molecule has 9 nitrogen and oxygen atoms in total. The SMILES string of the molecule is COc1cc(OC)c2c(c1Cl)OC1(C2=O)C(O)=C(C(CC(=O)NCc2cccc3[nH]ccc23)c2ccc(SC)cc2)C(=O)CC1C. The number of methoxy groups -OCH3 is 2. The number of carbonyl (C=O) groups is 3. The maximum Gasteiger partial charge on any atom is 0.231 e. The van der Waals surface area contributed by atoms with E-state index in [1.807, 2.05) is 61.0 Å². The van der Waals surface area contributed by atoms with Crippen molar-refractivity contribution < 1.29 is 33.7 Å². The largest absolute Gasteiger partial charge is 0.507 e. The number of hydrogen-bond donors (Lipinski definition) is 3. The van der Waals surface area contributed by atoms with Crippen LogP contribution in [0.1, 0.15) is 47.2 Å². The van der Waals surface area contributed by atoms with Crippen LogP contribution in [0.2, 0.25) is 5.02 Å². The average molecular weight is 661 g/mol. The van der Waals surface area contributed by atoms with Crippen LogP contribution in [-0.2, 0) is 16.1 Å². The monoisotopic (exact) mass is 660 g/mol. The van der Waals surface area contributed by atoms with Gasteiger partial charge in [0.05, 0.1) is 14.2 Å². The number of amides is 1. The van der Waals surface area contributed by atoms with Crippen molar-refractivity contribution in [2.24, 2.45) is 5.92 Å². The number of aromatic nitrogens is 1. The van der Waals surface area contributed by atoms with Crippen LogP contribution in [0.5, 0.6) is 17.2 Å². The number of H-pyrrole nitrogens is 1. The van der Waals surface area contributed by atoms with E-state index in [4.69, 9.17) is 25.8 Å². The first kappa shape index (κ1) is 31.6. The molecule has 0 bridgehead atoms. The summed E-state index contributed by atoms with van der Waals surface area (Å²) in [6.45, 7) is 1.94. The molecule has 1 aliphatic heterocycles. The molecule has 0 saturated carbocycles. The zero-order valence-corrected chi connectivity index (χ0v) is 27.3. The van der Waals surface area contributed by atoms with Crippen molar-refractivity contribution >= 4 is 51.7 Å². The number of Topliss-reactive ketones (excluding diaryl/α,β-unsaturated/α-hetero) is 2. The van der Waals surface area contributed by atoms with Gasteiger partial charge in [0.1, 0.15) is 22.1 Å². The molecular weight excluding hydrogens is 628 g/mol. The summed E-state index contributed by atoms with van der Waals surface area (Å²) in [5.74, 6) is -3.05. The van der Waals surface area contributed by atoms with Gasteiger partial charge in [0, 0.05) is 64.9 Å². The highest BCUT2D eigenvalue weighted by atomic mass is 35.5.